The molecule has 0 atom stereocenters. The second kappa shape index (κ2) is 7.51. The maximum absolute atomic E-state index is 12.7. The molecule has 2 aliphatic rings. The number of carbonyl (C=O) groups excluding carboxylic acids is 4. The van der Waals surface area contributed by atoms with E-state index in [1.165, 1.54) is 4.90 Å². The lowest BCUT2D eigenvalue weighted by Gasteiger charge is -2.24. The van der Waals surface area contributed by atoms with Gasteiger partial charge in [-0.1, -0.05) is 37.1 Å². The highest BCUT2D eigenvalue weighted by Gasteiger charge is 2.48. The van der Waals surface area contributed by atoms with Crippen LogP contribution in [0.15, 0.2) is 43.0 Å². The Morgan fingerprint density at radius 1 is 1.12 bits per heavy atom. The minimum atomic E-state index is -0.929. The number of hydrogen-bond acceptors (Lipinski definition) is 4. The Labute approximate surface area is 151 Å². The Morgan fingerprint density at radius 2 is 1.77 bits per heavy atom. The van der Waals surface area contributed by atoms with Gasteiger partial charge in [-0.05, 0) is 25.0 Å². The van der Waals surface area contributed by atoms with Gasteiger partial charge in [0, 0.05) is 18.3 Å². The highest BCUT2D eigenvalue weighted by atomic mass is 16.2. The number of hydrogen-bond donors (Lipinski definition) is 0. The molecule has 26 heavy (non-hydrogen) atoms. The molecule has 1 aliphatic heterocycles. The average Bonchev–Trinajstić information content (AvgIpc) is 3.24. The summed E-state index contributed by atoms with van der Waals surface area (Å²) in [6.45, 7) is 3.42. The molecule has 1 saturated heterocycles. The smallest absolute Gasteiger partial charge is 0.307 e. The zero-order valence-corrected chi connectivity index (χ0v) is 14.5. The van der Waals surface area contributed by atoms with Crippen molar-refractivity contribution in [1.82, 2.24) is 9.80 Å². The molecule has 1 aromatic rings. The van der Waals surface area contributed by atoms with E-state index in [1.807, 2.05) is 6.07 Å². The van der Waals surface area contributed by atoms with Crippen molar-refractivity contribution in [2.75, 3.05) is 18.0 Å². The zero-order valence-electron chi connectivity index (χ0n) is 14.5. The summed E-state index contributed by atoms with van der Waals surface area (Å²) in [4.78, 5) is 53.0. The first-order chi connectivity index (χ1) is 12.5. The molecule has 7 nitrogen and oxygen atoms in total. The van der Waals surface area contributed by atoms with Crippen LogP contribution in [-0.4, -0.2) is 52.7 Å². The fourth-order valence-corrected chi connectivity index (χ4v) is 3.46. The highest BCUT2D eigenvalue weighted by Crippen LogP contribution is 2.28. The topological polar surface area (TPSA) is 78.0 Å². The van der Waals surface area contributed by atoms with Gasteiger partial charge in [0.1, 0.15) is 6.54 Å². The number of anilines is 1. The van der Waals surface area contributed by atoms with Crippen LogP contribution in [0, 0.1) is 0 Å². The molecule has 0 spiro atoms. The van der Waals surface area contributed by atoms with E-state index in [9.17, 15) is 19.2 Å². The van der Waals surface area contributed by atoms with E-state index in [0.29, 0.717) is 18.5 Å². The molecule has 136 valence electrons. The lowest BCUT2D eigenvalue weighted by Crippen LogP contribution is -2.44. The minimum Gasteiger partial charge on any atom is -0.307 e. The maximum Gasteiger partial charge on any atom is 0.334 e. The van der Waals surface area contributed by atoms with Crippen molar-refractivity contribution in [1.29, 1.82) is 0 Å². The van der Waals surface area contributed by atoms with Gasteiger partial charge in [-0.25, -0.2) is 9.69 Å². The van der Waals surface area contributed by atoms with Crippen molar-refractivity contribution < 1.29 is 19.2 Å². The summed E-state index contributed by atoms with van der Waals surface area (Å²) in [6.07, 6.45) is 4.83. The summed E-state index contributed by atoms with van der Waals surface area (Å²) in [7, 11) is 0. The first-order valence-corrected chi connectivity index (χ1v) is 8.70. The first-order valence-electron chi connectivity index (χ1n) is 8.70. The lowest BCUT2D eigenvalue weighted by molar-refractivity contribution is -0.144. The molecule has 0 aromatic heterocycles. The molecule has 7 heteroatoms. The van der Waals surface area contributed by atoms with Gasteiger partial charge in [0.05, 0.1) is 0 Å². The number of para-hydroxylation sites is 1. The number of carbonyl (C=O) groups is 4. The van der Waals surface area contributed by atoms with Crippen LogP contribution >= 0.6 is 0 Å². The van der Waals surface area contributed by atoms with Crippen LogP contribution in [0.25, 0.3) is 0 Å². The summed E-state index contributed by atoms with van der Waals surface area (Å²) in [5.41, 5.74) is 0.635. The SMILES string of the molecule is C=CCN(C(=O)CN1C(=O)C(=O)N(C2CCCC2)C1=O)c1ccccc1. The predicted molar refractivity (Wildman–Crippen MR) is 95.2 cm³/mol. The summed E-state index contributed by atoms with van der Waals surface area (Å²) in [5, 5.41) is 0. The first kappa shape index (κ1) is 17.8. The lowest BCUT2D eigenvalue weighted by atomic mass is 10.2. The Balaban J connectivity index is 1.77. The van der Waals surface area contributed by atoms with E-state index in [4.69, 9.17) is 0 Å². The monoisotopic (exact) mass is 355 g/mol. The van der Waals surface area contributed by atoms with Gasteiger partial charge in [-0.2, -0.15) is 0 Å². The third kappa shape index (κ3) is 3.24. The molecular weight excluding hydrogens is 334 g/mol. The van der Waals surface area contributed by atoms with Crippen LogP contribution < -0.4 is 4.90 Å². The van der Waals surface area contributed by atoms with E-state index in [0.717, 1.165) is 22.6 Å². The van der Waals surface area contributed by atoms with Gasteiger partial charge in [0.2, 0.25) is 5.91 Å². The molecule has 0 bridgehead atoms. The van der Waals surface area contributed by atoms with Gasteiger partial charge in [0.15, 0.2) is 0 Å². The molecule has 3 rings (SSSR count). The van der Waals surface area contributed by atoms with E-state index in [1.54, 1.807) is 30.3 Å². The largest absolute Gasteiger partial charge is 0.334 e. The maximum atomic E-state index is 12.7. The van der Waals surface area contributed by atoms with Gasteiger partial charge >= 0.3 is 17.8 Å². The van der Waals surface area contributed by atoms with E-state index in [-0.39, 0.29) is 12.6 Å². The second-order valence-electron chi connectivity index (χ2n) is 6.42. The number of imide groups is 2. The molecule has 1 heterocycles. The fraction of sp³-hybridized carbons (Fsp3) is 0.368. The number of nitrogens with zero attached hydrogens (tertiary/aromatic N) is 3. The Hall–Kier alpha value is -2.96. The van der Waals surface area contributed by atoms with Crippen molar-refractivity contribution >= 4 is 29.4 Å². The van der Waals surface area contributed by atoms with Crippen LogP contribution in [0.4, 0.5) is 10.5 Å². The molecule has 1 aliphatic carbocycles. The van der Waals surface area contributed by atoms with E-state index < -0.39 is 30.3 Å². The Morgan fingerprint density at radius 3 is 2.38 bits per heavy atom. The number of rotatable bonds is 6. The average molecular weight is 355 g/mol. The van der Waals surface area contributed by atoms with Crippen molar-refractivity contribution in [2.24, 2.45) is 0 Å². The fourth-order valence-electron chi connectivity index (χ4n) is 3.46. The van der Waals surface area contributed by atoms with E-state index in [2.05, 4.69) is 6.58 Å². The van der Waals surface area contributed by atoms with Crippen LogP contribution in [0.1, 0.15) is 25.7 Å². The molecule has 2 fully saturated rings. The van der Waals surface area contributed by atoms with Crippen molar-refractivity contribution in [3.8, 4) is 0 Å². The summed E-state index contributed by atoms with van der Waals surface area (Å²) in [5.74, 6) is -2.20. The quantitative estimate of drug-likeness (QED) is 0.444. The Kier molecular flexibility index (Phi) is 5.16. The normalized spacial score (nSPS) is 17.9. The molecule has 1 aromatic carbocycles. The zero-order chi connectivity index (χ0) is 18.7. The minimum absolute atomic E-state index is 0.235. The van der Waals surface area contributed by atoms with Crippen molar-refractivity contribution in [3.63, 3.8) is 0 Å². The van der Waals surface area contributed by atoms with Crippen molar-refractivity contribution in [2.45, 2.75) is 31.7 Å². The molecular formula is C19H21N3O4. The number of urea groups is 1. The van der Waals surface area contributed by atoms with Crippen LogP contribution in [-0.2, 0) is 14.4 Å². The van der Waals surface area contributed by atoms with Gasteiger partial charge < -0.3 is 4.90 Å². The third-order valence-electron chi connectivity index (χ3n) is 4.75. The molecule has 5 amide bonds. The molecule has 0 radical (unpaired) electrons. The highest BCUT2D eigenvalue weighted by molar-refractivity contribution is 6.45. The third-order valence-corrected chi connectivity index (χ3v) is 4.75. The number of amides is 5. The second-order valence-corrected chi connectivity index (χ2v) is 6.42. The summed E-state index contributed by atoms with van der Waals surface area (Å²) >= 11 is 0. The van der Waals surface area contributed by atoms with Crippen molar-refractivity contribution in [3.05, 3.63) is 43.0 Å². The molecule has 0 N–H and O–H groups in total. The van der Waals surface area contributed by atoms with Gasteiger partial charge in [-0.3, -0.25) is 19.3 Å². The summed E-state index contributed by atoms with van der Waals surface area (Å²) in [6, 6.07) is 7.98. The standard InChI is InChI=1S/C19H21N3O4/c1-2-12-20(14-8-4-3-5-9-14)16(23)13-21-17(24)18(25)22(19(21)26)15-10-6-7-11-15/h2-5,8-9,15H,1,6-7,10-13H2. The van der Waals surface area contributed by atoms with E-state index >= 15 is 0 Å². The Bertz CT molecular complexity index is 740. The molecule has 0 unspecified atom stereocenters. The van der Waals surface area contributed by atoms with Gasteiger partial charge in [-0.15, -0.1) is 6.58 Å². The molecule has 1 saturated carbocycles. The predicted octanol–water partition coefficient (Wildman–Crippen LogP) is 1.94. The van der Waals surface area contributed by atoms with Gasteiger partial charge in [0.25, 0.3) is 0 Å². The number of benzene rings is 1. The van der Waals surface area contributed by atoms with Crippen LogP contribution in [0.3, 0.4) is 0 Å². The van der Waals surface area contributed by atoms with Crippen LogP contribution in [0.2, 0.25) is 0 Å². The summed E-state index contributed by atoms with van der Waals surface area (Å²) < 4.78 is 0. The van der Waals surface area contributed by atoms with Crippen LogP contribution in [0.5, 0.6) is 0 Å².